The third-order valence-corrected chi connectivity index (χ3v) is 4.61. The molecule has 0 saturated heterocycles. The van der Waals surface area contributed by atoms with Gasteiger partial charge in [-0.05, 0) is 48.9 Å². The third kappa shape index (κ3) is 5.46. The van der Waals surface area contributed by atoms with Crippen molar-refractivity contribution in [1.82, 2.24) is 15.1 Å². The zero-order valence-corrected chi connectivity index (χ0v) is 17.4. The second-order valence-corrected chi connectivity index (χ2v) is 7.24. The van der Waals surface area contributed by atoms with Crippen LogP contribution in [0.3, 0.4) is 0 Å². The van der Waals surface area contributed by atoms with Crippen molar-refractivity contribution in [1.29, 1.82) is 0 Å². The molecule has 0 aliphatic heterocycles. The lowest BCUT2D eigenvalue weighted by molar-refractivity contribution is -0.124. The van der Waals surface area contributed by atoms with Crippen LogP contribution in [0.2, 0.25) is 10.0 Å². The quantitative estimate of drug-likeness (QED) is 0.587. The molecule has 0 saturated carbocycles. The van der Waals surface area contributed by atoms with E-state index in [4.69, 9.17) is 27.9 Å². The minimum Gasteiger partial charge on any atom is -0.451 e. The van der Waals surface area contributed by atoms with Crippen LogP contribution in [0.1, 0.15) is 21.7 Å². The van der Waals surface area contributed by atoms with Gasteiger partial charge in [0.1, 0.15) is 0 Å². The number of benzene rings is 2. The number of aryl methyl sites for hydroxylation is 1. The number of aromatic nitrogens is 2. The molecule has 0 unspecified atom stereocenters. The van der Waals surface area contributed by atoms with Crippen LogP contribution >= 0.6 is 23.2 Å². The molecule has 1 N–H and O–H groups in total. The van der Waals surface area contributed by atoms with Gasteiger partial charge >= 0.3 is 5.97 Å². The first-order valence-electron chi connectivity index (χ1n) is 8.88. The van der Waals surface area contributed by atoms with Crippen LogP contribution in [-0.2, 0) is 16.1 Å². The van der Waals surface area contributed by atoms with Gasteiger partial charge in [0.15, 0.2) is 6.61 Å². The van der Waals surface area contributed by atoms with Gasteiger partial charge in [-0.15, -0.1) is 0 Å². The van der Waals surface area contributed by atoms with Crippen molar-refractivity contribution in [2.75, 3.05) is 6.61 Å². The number of nitrogens with zero attached hydrogens (tertiary/aromatic N) is 2. The van der Waals surface area contributed by atoms with Gasteiger partial charge in [-0.3, -0.25) is 9.59 Å². The minimum atomic E-state index is -0.982. The number of hydrogen-bond donors (Lipinski definition) is 1. The molecule has 7 nitrogen and oxygen atoms in total. The molecule has 1 aromatic heterocycles. The van der Waals surface area contributed by atoms with Gasteiger partial charge in [-0.1, -0.05) is 35.3 Å². The number of hydrogen-bond acceptors (Lipinski definition) is 5. The molecule has 0 bridgehead atoms. The highest BCUT2D eigenvalue weighted by atomic mass is 35.5. The summed E-state index contributed by atoms with van der Waals surface area (Å²) in [7, 11) is 0. The van der Waals surface area contributed by atoms with Crippen LogP contribution < -0.4 is 10.7 Å². The van der Waals surface area contributed by atoms with Crippen LogP contribution in [0.15, 0.2) is 59.4 Å². The Bertz CT molecular complexity index is 1130. The highest BCUT2D eigenvalue weighted by Gasteiger charge is 2.18. The van der Waals surface area contributed by atoms with Gasteiger partial charge in [-0.2, -0.15) is 5.10 Å². The van der Waals surface area contributed by atoms with Crippen molar-refractivity contribution in [3.63, 3.8) is 0 Å². The van der Waals surface area contributed by atoms with E-state index < -0.39 is 29.6 Å². The van der Waals surface area contributed by atoms with Crippen molar-refractivity contribution in [3.05, 3.63) is 91.8 Å². The molecule has 0 aliphatic rings. The number of esters is 1. The highest BCUT2D eigenvalue weighted by Crippen LogP contribution is 2.14. The smallest absolute Gasteiger partial charge is 0.363 e. The van der Waals surface area contributed by atoms with Crippen molar-refractivity contribution in [3.8, 4) is 5.69 Å². The van der Waals surface area contributed by atoms with Crippen LogP contribution in [0.4, 0.5) is 0 Å². The van der Waals surface area contributed by atoms with Crippen LogP contribution in [0.25, 0.3) is 5.69 Å². The number of rotatable bonds is 6. The number of ether oxygens (including phenoxy) is 1. The Morgan fingerprint density at radius 2 is 1.63 bits per heavy atom. The van der Waals surface area contributed by atoms with E-state index in [0.717, 1.165) is 5.56 Å². The van der Waals surface area contributed by atoms with Gasteiger partial charge in [0, 0.05) is 28.4 Å². The fourth-order valence-corrected chi connectivity index (χ4v) is 2.84. The molecule has 0 atom stereocenters. The van der Waals surface area contributed by atoms with E-state index in [0.29, 0.717) is 21.4 Å². The lowest BCUT2D eigenvalue weighted by Gasteiger charge is -2.11. The summed E-state index contributed by atoms with van der Waals surface area (Å²) in [4.78, 5) is 36.5. The Balaban J connectivity index is 1.65. The van der Waals surface area contributed by atoms with E-state index in [9.17, 15) is 14.4 Å². The Morgan fingerprint density at radius 1 is 1.03 bits per heavy atom. The maximum Gasteiger partial charge on any atom is 0.363 e. The minimum absolute atomic E-state index is 0.250. The number of carbonyl (C=O) groups excluding carboxylic acids is 2. The van der Waals surface area contributed by atoms with E-state index in [1.807, 2.05) is 0 Å². The molecule has 2 aromatic carbocycles. The molecule has 154 valence electrons. The average Bonchev–Trinajstić information content (AvgIpc) is 2.72. The standard InChI is InChI=1S/C21H17Cl2N3O4/c1-13-10-18(27)20(25-26(13)17-8-6-16(23)7-9-17)21(29)30-12-19(28)24-11-14-2-4-15(22)5-3-14/h2-10H,11-12H2,1H3,(H,24,28). The Morgan fingerprint density at radius 3 is 2.27 bits per heavy atom. The van der Waals surface area contributed by atoms with Crippen LogP contribution in [0.5, 0.6) is 0 Å². The molecule has 3 rings (SSSR count). The van der Waals surface area contributed by atoms with E-state index in [2.05, 4.69) is 10.4 Å². The summed E-state index contributed by atoms with van der Waals surface area (Å²) in [5.74, 6) is -1.49. The third-order valence-electron chi connectivity index (χ3n) is 4.11. The summed E-state index contributed by atoms with van der Waals surface area (Å²) < 4.78 is 6.38. The molecular formula is C21H17Cl2N3O4. The van der Waals surface area contributed by atoms with Crippen molar-refractivity contribution < 1.29 is 14.3 Å². The van der Waals surface area contributed by atoms with Crippen molar-refractivity contribution in [2.24, 2.45) is 0 Å². The molecule has 0 aliphatic carbocycles. The van der Waals surface area contributed by atoms with Crippen LogP contribution in [0, 0.1) is 6.92 Å². The van der Waals surface area contributed by atoms with E-state index >= 15 is 0 Å². The summed E-state index contributed by atoms with van der Waals surface area (Å²) in [5, 5.41) is 7.84. The Labute approximate surface area is 182 Å². The van der Waals surface area contributed by atoms with Crippen LogP contribution in [-0.4, -0.2) is 28.3 Å². The zero-order valence-electron chi connectivity index (χ0n) is 15.9. The Kier molecular flexibility index (Phi) is 6.87. The molecule has 0 spiro atoms. The second kappa shape index (κ2) is 9.56. The fraction of sp³-hybridized carbons (Fsp3) is 0.143. The lowest BCUT2D eigenvalue weighted by atomic mass is 10.2. The van der Waals surface area contributed by atoms with E-state index in [1.54, 1.807) is 55.5 Å². The van der Waals surface area contributed by atoms with E-state index in [1.165, 1.54) is 10.7 Å². The molecule has 1 amide bonds. The lowest BCUT2D eigenvalue weighted by Crippen LogP contribution is -2.30. The summed E-state index contributed by atoms with van der Waals surface area (Å²) in [6.45, 7) is 1.39. The van der Waals surface area contributed by atoms with E-state index in [-0.39, 0.29) is 6.54 Å². The normalized spacial score (nSPS) is 10.5. The molecule has 0 fully saturated rings. The number of nitrogens with one attached hydrogen (secondary N) is 1. The van der Waals surface area contributed by atoms with Gasteiger partial charge < -0.3 is 10.1 Å². The first kappa shape index (κ1) is 21.5. The van der Waals surface area contributed by atoms with Gasteiger partial charge in [0.2, 0.25) is 11.1 Å². The molecular weight excluding hydrogens is 429 g/mol. The fourth-order valence-electron chi connectivity index (χ4n) is 2.59. The SMILES string of the molecule is Cc1cc(=O)c(C(=O)OCC(=O)NCc2ccc(Cl)cc2)nn1-c1ccc(Cl)cc1. The largest absolute Gasteiger partial charge is 0.451 e. The maximum absolute atomic E-state index is 12.3. The topological polar surface area (TPSA) is 90.3 Å². The average molecular weight is 446 g/mol. The maximum atomic E-state index is 12.3. The monoisotopic (exact) mass is 445 g/mol. The summed E-state index contributed by atoms with van der Waals surface area (Å²) in [6, 6.07) is 15.0. The number of amides is 1. The van der Waals surface area contributed by atoms with Crippen molar-refractivity contribution >= 4 is 35.1 Å². The highest BCUT2D eigenvalue weighted by molar-refractivity contribution is 6.30. The first-order chi connectivity index (χ1) is 14.3. The Hall–Kier alpha value is -3.16. The molecule has 0 radical (unpaired) electrons. The molecule has 1 heterocycles. The summed E-state index contributed by atoms with van der Waals surface area (Å²) >= 11 is 11.7. The summed E-state index contributed by atoms with van der Waals surface area (Å²) in [6.07, 6.45) is 0. The van der Waals surface area contributed by atoms with Crippen molar-refractivity contribution in [2.45, 2.75) is 13.5 Å². The second-order valence-electron chi connectivity index (χ2n) is 6.37. The summed E-state index contributed by atoms with van der Waals surface area (Å²) in [5.41, 5.74) is 0.974. The first-order valence-corrected chi connectivity index (χ1v) is 9.64. The predicted octanol–water partition coefficient (Wildman–Crippen LogP) is 3.32. The molecule has 9 heteroatoms. The van der Waals surface area contributed by atoms with Gasteiger partial charge in [0.25, 0.3) is 5.91 Å². The zero-order chi connectivity index (χ0) is 21.7. The number of carbonyl (C=O) groups is 2. The molecule has 3 aromatic rings. The predicted molar refractivity (Wildman–Crippen MR) is 113 cm³/mol. The van der Waals surface area contributed by atoms with Gasteiger partial charge in [-0.25, -0.2) is 9.48 Å². The van der Waals surface area contributed by atoms with Gasteiger partial charge in [0.05, 0.1) is 5.69 Å². The number of halogens is 2. The molecule has 30 heavy (non-hydrogen) atoms.